The molecule has 1 aromatic heterocycles. The molecule has 2 aromatic rings. The van der Waals surface area contributed by atoms with E-state index in [0.717, 1.165) is 12.4 Å². The SMILES string of the molecule is Cc1nccn1CCNc1ccc2c(c1)OC(F)(F)O2. The second-order valence-electron chi connectivity index (χ2n) is 4.42. The molecule has 20 heavy (non-hydrogen) atoms. The van der Waals surface area contributed by atoms with Gasteiger partial charge in [-0.3, -0.25) is 0 Å². The Hall–Kier alpha value is -2.31. The molecule has 1 aliphatic rings. The molecule has 0 amide bonds. The van der Waals surface area contributed by atoms with Crippen molar-refractivity contribution in [2.24, 2.45) is 0 Å². The molecule has 0 atom stereocenters. The summed E-state index contributed by atoms with van der Waals surface area (Å²) < 4.78 is 36.5. The van der Waals surface area contributed by atoms with Crippen molar-refractivity contribution < 1.29 is 18.3 Å². The quantitative estimate of drug-likeness (QED) is 0.936. The third kappa shape index (κ3) is 2.52. The number of imidazole rings is 1. The summed E-state index contributed by atoms with van der Waals surface area (Å²) in [4.78, 5) is 4.12. The van der Waals surface area contributed by atoms with Gasteiger partial charge in [-0.25, -0.2) is 4.98 Å². The Morgan fingerprint density at radius 1 is 1.30 bits per heavy atom. The Bertz CT molecular complexity index is 628. The van der Waals surface area contributed by atoms with Gasteiger partial charge in [0.05, 0.1) is 0 Å². The fraction of sp³-hybridized carbons (Fsp3) is 0.308. The van der Waals surface area contributed by atoms with E-state index >= 15 is 0 Å². The van der Waals surface area contributed by atoms with Crippen LogP contribution in [-0.4, -0.2) is 22.4 Å². The Morgan fingerprint density at radius 3 is 2.85 bits per heavy atom. The standard InChI is InChI=1S/C13H13F2N3O2/c1-9-16-4-6-18(9)7-5-17-10-2-3-11-12(8-10)20-13(14,15)19-11/h2-4,6,8,17H,5,7H2,1H3. The van der Waals surface area contributed by atoms with E-state index in [2.05, 4.69) is 19.8 Å². The van der Waals surface area contributed by atoms with Crippen LogP contribution in [0.15, 0.2) is 30.6 Å². The van der Waals surface area contributed by atoms with Gasteiger partial charge in [-0.1, -0.05) is 0 Å². The molecule has 1 aliphatic heterocycles. The molecule has 0 aliphatic carbocycles. The first kappa shape index (κ1) is 12.7. The molecular formula is C13H13F2N3O2. The minimum absolute atomic E-state index is 0.0406. The average molecular weight is 281 g/mol. The lowest BCUT2D eigenvalue weighted by molar-refractivity contribution is -0.286. The Labute approximate surface area is 114 Å². The third-order valence-corrected chi connectivity index (χ3v) is 3.01. The number of halogens is 2. The maximum atomic E-state index is 12.9. The number of benzene rings is 1. The molecule has 0 saturated carbocycles. The summed E-state index contributed by atoms with van der Waals surface area (Å²) in [6.45, 7) is 3.30. The van der Waals surface area contributed by atoms with Gasteiger partial charge in [-0.15, -0.1) is 8.78 Å². The van der Waals surface area contributed by atoms with Gasteiger partial charge in [-0.2, -0.15) is 0 Å². The monoisotopic (exact) mass is 281 g/mol. The van der Waals surface area contributed by atoms with Gasteiger partial charge in [0.1, 0.15) is 5.82 Å². The van der Waals surface area contributed by atoms with Crippen molar-refractivity contribution in [1.82, 2.24) is 9.55 Å². The summed E-state index contributed by atoms with van der Waals surface area (Å²) >= 11 is 0. The summed E-state index contributed by atoms with van der Waals surface area (Å²) in [6, 6.07) is 4.63. The van der Waals surface area contributed by atoms with Gasteiger partial charge < -0.3 is 19.4 Å². The predicted molar refractivity (Wildman–Crippen MR) is 68.1 cm³/mol. The number of fused-ring (bicyclic) bond motifs is 1. The molecular weight excluding hydrogens is 268 g/mol. The van der Waals surface area contributed by atoms with Crippen molar-refractivity contribution >= 4 is 5.69 Å². The van der Waals surface area contributed by atoms with Crippen LogP contribution in [0, 0.1) is 6.92 Å². The van der Waals surface area contributed by atoms with Gasteiger partial charge in [-0.05, 0) is 19.1 Å². The number of alkyl halides is 2. The Balaban J connectivity index is 1.61. The predicted octanol–water partition coefficient (Wildman–Crippen LogP) is 2.63. The lowest BCUT2D eigenvalue weighted by atomic mass is 10.3. The number of nitrogens with one attached hydrogen (secondary N) is 1. The maximum Gasteiger partial charge on any atom is 0.586 e. The highest BCUT2D eigenvalue weighted by Gasteiger charge is 2.43. The molecule has 2 heterocycles. The summed E-state index contributed by atoms with van der Waals surface area (Å²) in [6.07, 6.45) is 0.0457. The van der Waals surface area contributed by atoms with E-state index in [9.17, 15) is 8.78 Å². The van der Waals surface area contributed by atoms with Crippen LogP contribution in [0.4, 0.5) is 14.5 Å². The van der Waals surface area contributed by atoms with Crippen molar-refractivity contribution in [3.05, 3.63) is 36.4 Å². The molecule has 0 radical (unpaired) electrons. The molecule has 0 unspecified atom stereocenters. The molecule has 0 spiro atoms. The molecule has 3 rings (SSSR count). The second-order valence-corrected chi connectivity index (χ2v) is 4.42. The number of aromatic nitrogens is 2. The lowest BCUT2D eigenvalue weighted by Gasteiger charge is -2.08. The van der Waals surface area contributed by atoms with Crippen LogP contribution in [-0.2, 0) is 6.54 Å². The van der Waals surface area contributed by atoms with E-state index in [-0.39, 0.29) is 11.5 Å². The zero-order valence-electron chi connectivity index (χ0n) is 10.8. The van der Waals surface area contributed by atoms with Crippen LogP contribution < -0.4 is 14.8 Å². The number of hydrogen-bond donors (Lipinski definition) is 1. The van der Waals surface area contributed by atoms with Crippen molar-refractivity contribution in [2.45, 2.75) is 19.8 Å². The zero-order chi connectivity index (χ0) is 14.2. The number of aryl methyl sites for hydroxylation is 1. The van der Waals surface area contributed by atoms with E-state index in [4.69, 9.17) is 0 Å². The normalized spacial score (nSPS) is 15.3. The van der Waals surface area contributed by atoms with Crippen LogP contribution in [0.3, 0.4) is 0 Å². The molecule has 0 fully saturated rings. The highest BCUT2D eigenvalue weighted by atomic mass is 19.3. The van der Waals surface area contributed by atoms with Crippen LogP contribution in [0.5, 0.6) is 11.5 Å². The summed E-state index contributed by atoms with van der Waals surface area (Å²) in [5.41, 5.74) is 0.697. The van der Waals surface area contributed by atoms with Crippen molar-refractivity contribution in [1.29, 1.82) is 0 Å². The first-order valence-corrected chi connectivity index (χ1v) is 6.15. The number of hydrogen-bond acceptors (Lipinski definition) is 4. The maximum absolute atomic E-state index is 12.9. The molecule has 106 valence electrons. The zero-order valence-corrected chi connectivity index (χ0v) is 10.8. The minimum Gasteiger partial charge on any atom is -0.395 e. The van der Waals surface area contributed by atoms with Gasteiger partial charge >= 0.3 is 6.29 Å². The fourth-order valence-electron chi connectivity index (χ4n) is 2.02. The largest absolute Gasteiger partial charge is 0.586 e. The van der Waals surface area contributed by atoms with E-state index in [1.807, 2.05) is 17.7 Å². The van der Waals surface area contributed by atoms with Crippen LogP contribution in [0.1, 0.15) is 5.82 Å². The Kier molecular flexibility index (Phi) is 2.96. The van der Waals surface area contributed by atoms with Gasteiger partial charge in [0.2, 0.25) is 0 Å². The van der Waals surface area contributed by atoms with E-state index < -0.39 is 6.29 Å². The third-order valence-electron chi connectivity index (χ3n) is 3.01. The summed E-state index contributed by atoms with van der Waals surface area (Å²) in [5.74, 6) is 1.02. The second kappa shape index (κ2) is 4.66. The molecule has 0 bridgehead atoms. The van der Waals surface area contributed by atoms with Crippen LogP contribution in [0.2, 0.25) is 0 Å². The van der Waals surface area contributed by atoms with Crippen molar-refractivity contribution in [3.63, 3.8) is 0 Å². The Morgan fingerprint density at radius 2 is 2.10 bits per heavy atom. The number of anilines is 1. The summed E-state index contributed by atoms with van der Waals surface area (Å²) in [5, 5.41) is 3.14. The highest BCUT2D eigenvalue weighted by Crippen LogP contribution is 2.42. The highest BCUT2D eigenvalue weighted by molar-refractivity contribution is 5.55. The molecule has 0 saturated heterocycles. The van der Waals surface area contributed by atoms with Crippen molar-refractivity contribution in [3.8, 4) is 11.5 Å². The van der Waals surface area contributed by atoms with Crippen LogP contribution >= 0.6 is 0 Å². The minimum atomic E-state index is -3.57. The number of ether oxygens (including phenoxy) is 2. The van der Waals surface area contributed by atoms with Crippen molar-refractivity contribution in [2.75, 3.05) is 11.9 Å². The summed E-state index contributed by atoms with van der Waals surface area (Å²) in [7, 11) is 0. The van der Waals surface area contributed by atoms with E-state index in [0.29, 0.717) is 12.2 Å². The first-order valence-electron chi connectivity index (χ1n) is 6.15. The van der Waals surface area contributed by atoms with E-state index in [1.54, 1.807) is 12.3 Å². The molecule has 5 nitrogen and oxygen atoms in total. The van der Waals surface area contributed by atoms with Gasteiger partial charge in [0, 0.05) is 37.2 Å². The van der Waals surface area contributed by atoms with Crippen LogP contribution in [0.25, 0.3) is 0 Å². The number of rotatable bonds is 4. The molecule has 1 aromatic carbocycles. The molecule has 7 heteroatoms. The molecule has 1 N–H and O–H groups in total. The van der Waals surface area contributed by atoms with Gasteiger partial charge in [0.15, 0.2) is 11.5 Å². The van der Waals surface area contributed by atoms with Gasteiger partial charge in [0.25, 0.3) is 0 Å². The lowest BCUT2D eigenvalue weighted by Crippen LogP contribution is -2.25. The fourth-order valence-corrected chi connectivity index (χ4v) is 2.02. The topological polar surface area (TPSA) is 48.3 Å². The van der Waals surface area contributed by atoms with E-state index in [1.165, 1.54) is 12.1 Å². The first-order chi connectivity index (χ1) is 9.53. The smallest absolute Gasteiger partial charge is 0.395 e. The average Bonchev–Trinajstić information content (AvgIpc) is 2.91. The number of nitrogens with zero attached hydrogens (tertiary/aromatic N) is 2.